The first-order valence-corrected chi connectivity index (χ1v) is 8.93. The summed E-state index contributed by atoms with van der Waals surface area (Å²) in [5.41, 5.74) is 2.86. The van der Waals surface area contributed by atoms with Gasteiger partial charge in [0.1, 0.15) is 29.2 Å². The number of nitrogens with zero attached hydrogens (tertiary/aromatic N) is 4. The van der Waals surface area contributed by atoms with Crippen LogP contribution in [0, 0.1) is 11.3 Å². The van der Waals surface area contributed by atoms with Gasteiger partial charge in [-0.15, -0.1) is 0 Å². The summed E-state index contributed by atoms with van der Waals surface area (Å²) in [6.07, 6.45) is 4.84. The molecule has 1 atom stereocenters. The smallest absolute Gasteiger partial charge is 0.255 e. The van der Waals surface area contributed by atoms with Gasteiger partial charge in [-0.25, -0.2) is 4.68 Å². The van der Waals surface area contributed by atoms with Gasteiger partial charge in [-0.1, -0.05) is 18.2 Å². The number of methoxy groups -OCH3 is 1. The van der Waals surface area contributed by atoms with Crippen LogP contribution in [0.2, 0.25) is 0 Å². The highest BCUT2D eigenvalue weighted by atomic mass is 16.5. The summed E-state index contributed by atoms with van der Waals surface area (Å²) in [6.45, 7) is 1.80. The second kappa shape index (κ2) is 7.48. The number of hydrogen-bond donors (Lipinski definition) is 2. The second-order valence-corrected chi connectivity index (χ2v) is 6.47. The number of aromatic nitrogens is 3. The third kappa shape index (κ3) is 3.19. The van der Waals surface area contributed by atoms with E-state index < -0.39 is 6.04 Å². The molecule has 0 aliphatic carbocycles. The Morgan fingerprint density at radius 2 is 2.10 bits per heavy atom. The lowest BCUT2D eigenvalue weighted by molar-refractivity contribution is -0.113. The molecular weight excluding hydrogens is 368 g/mol. The number of carbonyl (C=O) groups is 1. The number of fused-ring (bicyclic) bond motifs is 1. The maximum atomic E-state index is 13.3. The summed E-state index contributed by atoms with van der Waals surface area (Å²) in [5.74, 6) is 0.813. The van der Waals surface area contributed by atoms with Gasteiger partial charge in [0.05, 0.1) is 24.6 Å². The molecule has 1 amide bonds. The first kappa shape index (κ1) is 18.3. The van der Waals surface area contributed by atoms with Crippen LogP contribution in [0.5, 0.6) is 5.75 Å². The Balaban J connectivity index is 1.80. The summed E-state index contributed by atoms with van der Waals surface area (Å²) in [4.78, 5) is 17.5. The zero-order valence-electron chi connectivity index (χ0n) is 15.9. The van der Waals surface area contributed by atoms with Crippen LogP contribution in [-0.4, -0.2) is 27.8 Å². The van der Waals surface area contributed by atoms with E-state index >= 15 is 0 Å². The van der Waals surface area contributed by atoms with E-state index in [4.69, 9.17) is 4.74 Å². The van der Waals surface area contributed by atoms with E-state index in [9.17, 15) is 10.1 Å². The van der Waals surface area contributed by atoms with Crippen molar-refractivity contribution in [3.05, 3.63) is 77.4 Å². The molecule has 0 spiro atoms. The zero-order valence-corrected chi connectivity index (χ0v) is 15.9. The molecule has 1 aliphatic rings. The van der Waals surface area contributed by atoms with Gasteiger partial charge >= 0.3 is 0 Å². The molecular formula is C21H18N6O2. The molecule has 144 valence electrons. The molecule has 3 heterocycles. The summed E-state index contributed by atoms with van der Waals surface area (Å²) in [6, 6.07) is 12.5. The van der Waals surface area contributed by atoms with Crippen molar-refractivity contribution in [3.63, 3.8) is 0 Å². The lowest BCUT2D eigenvalue weighted by atomic mass is 9.95. The Kier molecular flexibility index (Phi) is 4.71. The third-order valence-electron chi connectivity index (χ3n) is 4.74. The van der Waals surface area contributed by atoms with Crippen molar-refractivity contribution in [2.75, 3.05) is 17.7 Å². The predicted molar refractivity (Wildman–Crippen MR) is 107 cm³/mol. The lowest BCUT2D eigenvalue weighted by Crippen LogP contribution is -2.31. The minimum absolute atomic E-state index is 0.298. The van der Waals surface area contributed by atoms with Crippen molar-refractivity contribution in [1.29, 1.82) is 5.26 Å². The number of carbonyl (C=O) groups excluding carboxylic acids is 1. The number of para-hydroxylation sites is 2. The molecule has 2 N–H and O–H groups in total. The van der Waals surface area contributed by atoms with E-state index in [1.165, 1.54) is 6.20 Å². The number of anilines is 2. The Morgan fingerprint density at radius 3 is 2.83 bits per heavy atom. The van der Waals surface area contributed by atoms with Crippen LogP contribution < -0.4 is 15.4 Å². The number of benzene rings is 1. The topological polar surface area (TPSA) is 105 Å². The lowest BCUT2D eigenvalue weighted by Gasteiger charge is -2.29. The summed E-state index contributed by atoms with van der Waals surface area (Å²) in [5, 5.41) is 19.8. The second-order valence-electron chi connectivity index (χ2n) is 6.47. The molecule has 4 rings (SSSR count). The van der Waals surface area contributed by atoms with Crippen LogP contribution >= 0.6 is 0 Å². The first-order valence-electron chi connectivity index (χ1n) is 8.93. The van der Waals surface area contributed by atoms with Gasteiger partial charge in [-0.3, -0.25) is 9.78 Å². The fourth-order valence-electron chi connectivity index (χ4n) is 3.41. The molecule has 0 unspecified atom stereocenters. The van der Waals surface area contributed by atoms with Gasteiger partial charge in [0.2, 0.25) is 0 Å². The zero-order chi connectivity index (χ0) is 20.4. The quantitative estimate of drug-likeness (QED) is 0.714. The van der Waals surface area contributed by atoms with E-state index in [-0.39, 0.29) is 5.91 Å². The fourth-order valence-corrected chi connectivity index (χ4v) is 3.41. The minimum Gasteiger partial charge on any atom is -0.495 e. The number of ether oxygens (including phenoxy) is 1. The molecule has 8 nitrogen and oxygen atoms in total. The van der Waals surface area contributed by atoms with Crippen molar-refractivity contribution >= 4 is 17.4 Å². The largest absolute Gasteiger partial charge is 0.495 e. The Bertz CT molecular complexity index is 1140. The number of rotatable bonds is 4. The van der Waals surface area contributed by atoms with Gasteiger partial charge in [-0.2, -0.15) is 10.4 Å². The van der Waals surface area contributed by atoms with Crippen LogP contribution in [0.1, 0.15) is 24.1 Å². The number of amides is 1. The predicted octanol–water partition coefficient (Wildman–Crippen LogP) is 3.09. The maximum Gasteiger partial charge on any atom is 0.255 e. The molecule has 0 saturated carbocycles. The van der Waals surface area contributed by atoms with E-state index in [2.05, 4.69) is 26.8 Å². The monoisotopic (exact) mass is 386 g/mol. The van der Waals surface area contributed by atoms with Gasteiger partial charge in [-0.05, 0) is 30.7 Å². The minimum atomic E-state index is -0.531. The van der Waals surface area contributed by atoms with Crippen molar-refractivity contribution < 1.29 is 9.53 Å². The highest BCUT2D eigenvalue weighted by Gasteiger charge is 2.34. The third-order valence-corrected chi connectivity index (χ3v) is 4.74. The van der Waals surface area contributed by atoms with Crippen LogP contribution in [-0.2, 0) is 4.79 Å². The van der Waals surface area contributed by atoms with E-state index in [1.807, 2.05) is 18.2 Å². The SMILES string of the molecule is COc1ccccc1NC(=O)C1=C(C)Nc2c(C#N)cnn2[C@@H]1c1cccnc1. The van der Waals surface area contributed by atoms with Gasteiger partial charge in [0.15, 0.2) is 0 Å². The molecule has 0 saturated heterocycles. The average molecular weight is 386 g/mol. The van der Waals surface area contributed by atoms with Crippen molar-refractivity contribution in [2.24, 2.45) is 0 Å². The summed E-state index contributed by atoms with van der Waals surface area (Å²) in [7, 11) is 1.55. The van der Waals surface area contributed by atoms with Crippen molar-refractivity contribution in [3.8, 4) is 11.8 Å². The average Bonchev–Trinajstić information content (AvgIpc) is 3.16. The first-order chi connectivity index (χ1) is 14.1. The molecule has 29 heavy (non-hydrogen) atoms. The summed E-state index contributed by atoms with van der Waals surface area (Å²) >= 11 is 0. The van der Waals surface area contributed by atoms with Gasteiger partial charge in [0.25, 0.3) is 5.91 Å². The fraction of sp³-hybridized carbons (Fsp3) is 0.143. The molecule has 1 aromatic carbocycles. The molecule has 1 aliphatic heterocycles. The normalized spacial score (nSPS) is 15.1. The van der Waals surface area contributed by atoms with Crippen LogP contribution in [0.15, 0.2) is 66.3 Å². The maximum absolute atomic E-state index is 13.3. The van der Waals surface area contributed by atoms with E-state index in [0.717, 1.165) is 5.56 Å². The number of nitriles is 1. The molecule has 2 aromatic heterocycles. The highest BCUT2D eigenvalue weighted by molar-refractivity contribution is 6.06. The molecule has 3 aromatic rings. The summed E-state index contributed by atoms with van der Waals surface area (Å²) < 4.78 is 6.97. The Labute approximate surface area is 167 Å². The van der Waals surface area contributed by atoms with Crippen LogP contribution in [0.3, 0.4) is 0 Å². The standard InChI is InChI=1S/C21H18N6O2/c1-13-18(21(28)26-16-7-3-4-8-17(16)29-2)19(14-6-5-9-23-11-14)27-20(25-13)15(10-22)12-24-27/h3-9,11-12,19,25H,1-2H3,(H,26,28)/t19-/m1/s1. The van der Waals surface area contributed by atoms with Gasteiger partial charge in [0, 0.05) is 18.1 Å². The van der Waals surface area contributed by atoms with Gasteiger partial charge < -0.3 is 15.4 Å². The molecule has 0 bridgehead atoms. The molecule has 0 fully saturated rings. The molecule has 8 heteroatoms. The van der Waals surface area contributed by atoms with Crippen molar-refractivity contribution in [2.45, 2.75) is 13.0 Å². The van der Waals surface area contributed by atoms with E-state index in [1.54, 1.807) is 49.3 Å². The van der Waals surface area contributed by atoms with Crippen molar-refractivity contribution in [1.82, 2.24) is 14.8 Å². The number of nitrogens with one attached hydrogen (secondary N) is 2. The number of allylic oxidation sites excluding steroid dienone is 1. The number of hydrogen-bond acceptors (Lipinski definition) is 6. The number of pyridine rings is 1. The Hall–Kier alpha value is -4.12. The highest BCUT2D eigenvalue weighted by Crippen LogP contribution is 2.37. The van der Waals surface area contributed by atoms with Crippen LogP contribution in [0.4, 0.5) is 11.5 Å². The van der Waals surface area contributed by atoms with E-state index in [0.29, 0.717) is 34.1 Å². The molecule has 0 radical (unpaired) electrons. The Morgan fingerprint density at radius 1 is 1.28 bits per heavy atom. The van der Waals surface area contributed by atoms with Crippen LogP contribution in [0.25, 0.3) is 0 Å².